The number of hydrogen-bond acceptors (Lipinski definition) is 3. The molecule has 5 heteroatoms. The van der Waals surface area contributed by atoms with Gasteiger partial charge >= 0.3 is 0 Å². The number of likely N-dealkylation sites (tertiary alicyclic amines) is 1. The fourth-order valence-corrected chi connectivity index (χ4v) is 5.03. The molecule has 1 amide bonds. The maximum Gasteiger partial charge on any atom is 0.272 e. The average Bonchev–Trinajstić information content (AvgIpc) is 3.24. The Kier molecular flexibility index (Phi) is 6.35. The van der Waals surface area contributed by atoms with E-state index in [9.17, 15) is 4.79 Å². The Morgan fingerprint density at radius 1 is 0.969 bits per heavy atom. The minimum atomic E-state index is 0.146. The molecule has 0 saturated carbocycles. The molecule has 1 atom stereocenters. The minimum absolute atomic E-state index is 0.146. The standard InChI is InChI=1S/C27H32N4O/c32-27(30-18-8-3-9-19-30)26-24-20-22(28-17-16-21-10-4-1-5-11-21)14-15-25(24)29-31(26)23-12-6-2-7-13-23/h1-2,4-7,10-13,22,28H,3,8-9,14-20H2. The molecule has 5 rings (SSSR count). The van der Waals surface area contributed by atoms with Crippen molar-refractivity contribution in [2.24, 2.45) is 0 Å². The molecule has 2 aromatic carbocycles. The van der Waals surface area contributed by atoms with Crippen LogP contribution < -0.4 is 5.32 Å². The fraction of sp³-hybridized carbons (Fsp3) is 0.407. The van der Waals surface area contributed by atoms with Gasteiger partial charge in [0, 0.05) is 24.7 Å². The normalized spacial score (nSPS) is 18.4. The highest BCUT2D eigenvalue weighted by Crippen LogP contribution is 2.28. The van der Waals surface area contributed by atoms with Crippen molar-refractivity contribution in [1.29, 1.82) is 0 Å². The van der Waals surface area contributed by atoms with E-state index < -0.39 is 0 Å². The van der Waals surface area contributed by atoms with E-state index in [0.717, 1.165) is 80.8 Å². The molecule has 0 bridgehead atoms. The van der Waals surface area contributed by atoms with Crippen LogP contribution in [0.15, 0.2) is 60.7 Å². The number of hydrogen-bond donors (Lipinski definition) is 1. The molecule has 0 radical (unpaired) electrons. The number of carbonyl (C=O) groups excluding carboxylic acids is 1. The summed E-state index contributed by atoms with van der Waals surface area (Å²) in [6, 6.07) is 21.1. The molecule has 166 valence electrons. The lowest BCUT2D eigenvalue weighted by molar-refractivity contribution is 0.0713. The van der Waals surface area contributed by atoms with Crippen molar-refractivity contribution in [2.75, 3.05) is 19.6 Å². The van der Waals surface area contributed by atoms with Gasteiger partial charge in [-0.3, -0.25) is 4.79 Å². The first kappa shape index (κ1) is 21.0. The number of benzene rings is 2. The molecule has 1 saturated heterocycles. The van der Waals surface area contributed by atoms with E-state index >= 15 is 0 Å². The van der Waals surface area contributed by atoms with E-state index in [1.165, 1.54) is 12.0 Å². The van der Waals surface area contributed by atoms with Crippen LogP contribution in [0.5, 0.6) is 0 Å². The summed E-state index contributed by atoms with van der Waals surface area (Å²) in [5.41, 5.74) is 5.34. The van der Waals surface area contributed by atoms with E-state index in [1.54, 1.807) is 0 Å². The molecule has 1 aliphatic heterocycles. The van der Waals surface area contributed by atoms with Crippen molar-refractivity contribution >= 4 is 5.91 Å². The summed E-state index contributed by atoms with van der Waals surface area (Å²) in [5.74, 6) is 0.146. The zero-order chi connectivity index (χ0) is 21.8. The molecule has 2 heterocycles. The van der Waals surface area contributed by atoms with E-state index in [2.05, 4.69) is 35.6 Å². The van der Waals surface area contributed by atoms with Gasteiger partial charge in [0.15, 0.2) is 0 Å². The zero-order valence-corrected chi connectivity index (χ0v) is 18.7. The van der Waals surface area contributed by atoms with Crippen molar-refractivity contribution < 1.29 is 4.79 Å². The zero-order valence-electron chi connectivity index (χ0n) is 18.7. The second-order valence-electron chi connectivity index (χ2n) is 9.00. The Morgan fingerprint density at radius 2 is 1.69 bits per heavy atom. The summed E-state index contributed by atoms with van der Waals surface area (Å²) in [6.45, 7) is 2.66. The predicted molar refractivity (Wildman–Crippen MR) is 127 cm³/mol. The fourth-order valence-electron chi connectivity index (χ4n) is 5.03. The Hall–Kier alpha value is -2.92. The highest BCUT2D eigenvalue weighted by molar-refractivity contribution is 5.95. The van der Waals surface area contributed by atoms with Crippen LogP contribution in [0.25, 0.3) is 5.69 Å². The van der Waals surface area contributed by atoms with Crippen molar-refractivity contribution in [3.8, 4) is 5.69 Å². The van der Waals surface area contributed by atoms with Crippen LogP contribution in [-0.2, 0) is 19.3 Å². The quantitative estimate of drug-likeness (QED) is 0.641. The van der Waals surface area contributed by atoms with E-state index in [4.69, 9.17) is 5.10 Å². The number of aryl methyl sites for hydroxylation is 1. The van der Waals surface area contributed by atoms with Crippen LogP contribution in [0.2, 0.25) is 0 Å². The minimum Gasteiger partial charge on any atom is -0.337 e. The molecule has 32 heavy (non-hydrogen) atoms. The molecular weight excluding hydrogens is 396 g/mol. The Balaban J connectivity index is 1.38. The van der Waals surface area contributed by atoms with Gasteiger partial charge in [-0.15, -0.1) is 0 Å². The number of rotatable bonds is 6. The number of nitrogens with zero attached hydrogens (tertiary/aromatic N) is 3. The van der Waals surface area contributed by atoms with Gasteiger partial charge < -0.3 is 10.2 Å². The van der Waals surface area contributed by atoms with Crippen LogP contribution >= 0.6 is 0 Å². The number of carbonyl (C=O) groups is 1. The molecule has 2 aliphatic rings. The van der Waals surface area contributed by atoms with Gasteiger partial charge in [-0.1, -0.05) is 48.5 Å². The first-order valence-corrected chi connectivity index (χ1v) is 12.0. The lowest BCUT2D eigenvalue weighted by Crippen LogP contribution is -2.39. The summed E-state index contributed by atoms with van der Waals surface area (Å²) in [6.07, 6.45) is 7.27. The van der Waals surface area contributed by atoms with E-state index in [0.29, 0.717) is 6.04 Å². The average molecular weight is 429 g/mol. The second kappa shape index (κ2) is 9.70. The second-order valence-corrected chi connectivity index (χ2v) is 9.00. The molecule has 3 aromatic rings. The third kappa shape index (κ3) is 4.49. The molecule has 1 unspecified atom stereocenters. The number of para-hydroxylation sites is 1. The lowest BCUT2D eigenvalue weighted by atomic mass is 9.91. The van der Waals surface area contributed by atoms with E-state index in [1.807, 2.05) is 39.9 Å². The molecule has 1 aliphatic carbocycles. The number of piperidine rings is 1. The van der Waals surface area contributed by atoms with Gasteiger partial charge in [0.25, 0.3) is 5.91 Å². The van der Waals surface area contributed by atoms with Gasteiger partial charge in [0.2, 0.25) is 0 Å². The summed E-state index contributed by atoms with van der Waals surface area (Å²) in [5, 5.41) is 8.68. The topological polar surface area (TPSA) is 50.2 Å². The third-order valence-corrected chi connectivity index (χ3v) is 6.78. The van der Waals surface area contributed by atoms with Crippen LogP contribution in [0, 0.1) is 0 Å². The SMILES string of the molecule is O=C(c1c2c(nn1-c1ccccc1)CCC(NCCc1ccccc1)C2)N1CCCCC1. The first-order chi connectivity index (χ1) is 15.8. The predicted octanol–water partition coefficient (Wildman–Crippen LogP) is 4.19. The van der Waals surface area contributed by atoms with Crippen molar-refractivity contribution in [3.05, 3.63) is 83.2 Å². The number of amides is 1. The molecule has 1 N–H and O–H groups in total. The molecule has 1 fully saturated rings. The Bertz CT molecular complexity index is 1040. The summed E-state index contributed by atoms with van der Waals surface area (Å²) < 4.78 is 1.91. The van der Waals surface area contributed by atoms with Gasteiger partial charge in [-0.05, 0) is 69.2 Å². The molecular formula is C27H32N4O. The Labute approximate surface area is 190 Å². The smallest absolute Gasteiger partial charge is 0.272 e. The molecule has 5 nitrogen and oxygen atoms in total. The third-order valence-electron chi connectivity index (χ3n) is 6.78. The van der Waals surface area contributed by atoms with Gasteiger partial charge in [-0.2, -0.15) is 5.10 Å². The van der Waals surface area contributed by atoms with Gasteiger partial charge in [0.1, 0.15) is 5.69 Å². The van der Waals surface area contributed by atoms with Crippen LogP contribution in [0.1, 0.15) is 53.0 Å². The summed E-state index contributed by atoms with van der Waals surface area (Å²) >= 11 is 0. The van der Waals surface area contributed by atoms with Gasteiger partial charge in [0.05, 0.1) is 11.4 Å². The number of fused-ring (bicyclic) bond motifs is 1. The molecule has 1 aromatic heterocycles. The maximum absolute atomic E-state index is 13.7. The highest BCUT2D eigenvalue weighted by atomic mass is 16.2. The van der Waals surface area contributed by atoms with Gasteiger partial charge in [-0.25, -0.2) is 4.68 Å². The summed E-state index contributed by atoms with van der Waals surface area (Å²) in [4.78, 5) is 15.7. The van der Waals surface area contributed by atoms with Crippen molar-refractivity contribution in [1.82, 2.24) is 20.0 Å². The largest absolute Gasteiger partial charge is 0.337 e. The van der Waals surface area contributed by atoms with Crippen molar-refractivity contribution in [2.45, 2.75) is 51.0 Å². The number of nitrogens with one attached hydrogen (secondary N) is 1. The summed E-state index contributed by atoms with van der Waals surface area (Å²) in [7, 11) is 0. The highest BCUT2D eigenvalue weighted by Gasteiger charge is 2.32. The lowest BCUT2D eigenvalue weighted by Gasteiger charge is -2.28. The van der Waals surface area contributed by atoms with Crippen molar-refractivity contribution in [3.63, 3.8) is 0 Å². The van der Waals surface area contributed by atoms with E-state index in [-0.39, 0.29) is 5.91 Å². The Morgan fingerprint density at radius 3 is 2.44 bits per heavy atom. The molecule has 0 spiro atoms. The van der Waals surface area contributed by atoms with Crippen LogP contribution in [-0.4, -0.2) is 46.3 Å². The number of aromatic nitrogens is 2. The van der Waals surface area contributed by atoms with Crippen LogP contribution in [0.4, 0.5) is 0 Å². The monoisotopic (exact) mass is 428 g/mol. The first-order valence-electron chi connectivity index (χ1n) is 12.0. The maximum atomic E-state index is 13.7. The van der Waals surface area contributed by atoms with Crippen LogP contribution in [0.3, 0.4) is 0 Å².